The van der Waals surface area contributed by atoms with Crippen LogP contribution in [0.4, 0.5) is 4.39 Å². The van der Waals surface area contributed by atoms with Crippen LogP contribution in [0, 0.1) is 24.6 Å². The lowest BCUT2D eigenvalue weighted by Crippen LogP contribution is -2.68. The van der Waals surface area contributed by atoms with Gasteiger partial charge in [-0.2, -0.15) is 0 Å². The Morgan fingerprint density at radius 2 is 1.73 bits per heavy atom. The molecule has 0 radical (unpaired) electrons. The fourth-order valence-electron chi connectivity index (χ4n) is 7.29. The Kier molecular flexibility index (Phi) is 10.1. The summed E-state index contributed by atoms with van der Waals surface area (Å²) in [6.45, 7) is 19.4. The van der Waals surface area contributed by atoms with Gasteiger partial charge in [0, 0.05) is 17.1 Å². The molecule has 1 aromatic carbocycles. The minimum Gasteiger partial charge on any atom is -0.507 e. The molecule has 0 bridgehead atoms. The molecule has 2 aromatic rings. The van der Waals surface area contributed by atoms with E-state index in [-0.39, 0.29) is 46.2 Å². The van der Waals surface area contributed by atoms with Crippen LogP contribution in [0.5, 0.6) is 11.6 Å². The largest absolute Gasteiger partial charge is 0.507 e. The number of rotatable bonds is 12. The molecule has 3 aliphatic carbocycles. The predicted octanol–water partition coefficient (Wildman–Crippen LogP) is 8.16. The number of ether oxygens (including phenoxy) is 2. The quantitative estimate of drug-likeness (QED) is 0.134. The van der Waals surface area contributed by atoms with Crippen LogP contribution in [-0.4, -0.2) is 67.5 Å². The molecule has 4 atom stereocenters. The number of nitrogens with zero attached hydrogens (tertiary/aromatic N) is 2. The number of unbranched alkanes of at least 4 members (excludes halogenated alkanes) is 2. The number of aliphatic hydroxyl groups is 1. The number of aryl methyl sites for hydroxylation is 1. The molecular weight excluding hydrogens is 631 g/mol. The van der Waals surface area contributed by atoms with E-state index in [1.165, 1.54) is 6.07 Å². The first-order chi connectivity index (χ1) is 22.6. The van der Waals surface area contributed by atoms with Crippen molar-refractivity contribution in [3.8, 4) is 11.6 Å². The molecule has 0 aliphatic heterocycles. The average Bonchev–Trinajstić information content (AvgIpc) is 3.43. The number of halogens is 1. The highest BCUT2D eigenvalue weighted by molar-refractivity contribution is 6.74. The van der Waals surface area contributed by atoms with Gasteiger partial charge in [-0.05, 0) is 87.0 Å². The molecular formula is C37H53FN2O7Si. The second-order valence-electron chi connectivity index (χ2n) is 15.3. The molecule has 0 spiro atoms. The maximum atomic E-state index is 15.7. The van der Waals surface area contributed by atoms with E-state index in [9.17, 15) is 5.11 Å². The first-order valence-corrected chi connectivity index (χ1v) is 20.5. The Morgan fingerprint density at radius 1 is 1.08 bits per heavy atom. The number of benzene rings is 1. The van der Waals surface area contributed by atoms with Crippen LogP contribution in [0.25, 0.3) is 5.76 Å². The number of aromatic nitrogens is 1. The number of ketones is 2. The molecule has 0 saturated heterocycles. The predicted molar refractivity (Wildman–Crippen MR) is 185 cm³/mol. The van der Waals surface area contributed by atoms with E-state index in [4.69, 9.17) is 18.4 Å². The summed E-state index contributed by atoms with van der Waals surface area (Å²) in [5, 5.41) is 16.0. The van der Waals surface area contributed by atoms with Crippen molar-refractivity contribution in [1.29, 1.82) is 0 Å². The van der Waals surface area contributed by atoms with Gasteiger partial charge in [-0.1, -0.05) is 54.4 Å². The third kappa shape index (κ3) is 5.73. The van der Waals surface area contributed by atoms with Crippen molar-refractivity contribution in [2.45, 2.75) is 117 Å². The van der Waals surface area contributed by atoms with Crippen molar-refractivity contribution in [1.82, 2.24) is 10.1 Å². The van der Waals surface area contributed by atoms with Gasteiger partial charge in [-0.15, -0.1) is 0 Å². The molecule has 9 nitrogen and oxygen atoms in total. The highest BCUT2D eigenvalue weighted by Crippen LogP contribution is 2.59. The Bertz CT molecular complexity index is 1610. The third-order valence-corrected chi connectivity index (χ3v) is 15.5. The molecule has 1 saturated carbocycles. The first-order valence-electron chi connectivity index (χ1n) is 17.6. The van der Waals surface area contributed by atoms with Crippen molar-refractivity contribution in [2.75, 3.05) is 26.8 Å². The van der Waals surface area contributed by atoms with Crippen molar-refractivity contribution in [2.24, 2.45) is 11.8 Å². The SMILES string of the molecule is CCCCOc1noc2c1C(=O)[C@@]1(O[Si](C)(C)C(C)(C)C)C(=O)C3=C(O)c4c(c(F)cc(C)c4OCCCC)C[C@H]3C[C@H]1[C@@H]2N(C)CC. The fourth-order valence-corrected chi connectivity index (χ4v) is 8.74. The highest BCUT2D eigenvalue weighted by Gasteiger charge is 2.69. The van der Waals surface area contributed by atoms with Crippen LogP contribution in [0.2, 0.25) is 18.1 Å². The number of hydrogen-bond donors (Lipinski definition) is 1. The zero-order valence-electron chi connectivity index (χ0n) is 30.3. The number of Topliss-reactive ketones (excluding diaryl/α,β-unsaturated/α-hetero) is 2. The lowest BCUT2D eigenvalue weighted by atomic mass is 9.57. The number of fused-ring (bicyclic) bond motifs is 4. The summed E-state index contributed by atoms with van der Waals surface area (Å²) in [6, 6.07) is 0.875. The highest BCUT2D eigenvalue weighted by atomic mass is 28.4. The zero-order valence-corrected chi connectivity index (χ0v) is 31.3. The summed E-state index contributed by atoms with van der Waals surface area (Å²) < 4.78 is 41.0. The molecule has 264 valence electrons. The second-order valence-corrected chi connectivity index (χ2v) is 20.0. The van der Waals surface area contributed by atoms with E-state index >= 15 is 14.0 Å². The summed E-state index contributed by atoms with van der Waals surface area (Å²) in [5.41, 5.74) is -0.714. The summed E-state index contributed by atoms with van der Waals surface area (Å²) in [7, 11) is -0.935. The smallest absolute Gasteiger partial charge is 0.265 e. The van der Waals surface area contributed by atoms with Gasteiger partial charge in [0.15, 0.2) is 19.7 Å². The number of carbonyl (C=O) groups excluding carboxylic acids is 2. The van der Waals surface area contributed by atoms with Gasteiger partial charge >= 0.3 is 0 Å². The molecule has 1 N–H and O–H groups in total. The molecule has 1 heterocycles. The summed E-state index contributed by atoms with van der Waals surface area (Å²) in [6.07, 6.45) is 3.77. The van der Waals surface area contributed by atoms with Crippen LogP contribution < -0.4 is 9.47 Å². The van der Waals surface area contributed by atoms with E-state index in [2.05, 4.69) is 25.9 Å². The zero-order chi connectivity index (χ0) is 35.3. The normalized spacial score (nSPS) is 24.0. The molecule has 1 fully saturated rings. The molecule has 3 aliphatic rings. The summed E-state index contributed by atoms with van der Waals surface area (Å²) >= 11 is 0. The Hall–Kier alpha value is -3.02. The number of aliphatic hydroxyl groups excluding tert-OH is 1. The van der Waals surface area contributed by atoms with E-state index < -0.39 is 49.2 Å². The maximum absolute atomic E-state index is 15.7. The van der Waals surface area contributed by atoms with E-state index in [0.29, 0.717) is 42.4 Å². The third-order valence-electron chi connectivity index (χ3n) is 11.1. The Morgan fingerprint density at radius 3 is 2.33 bits per heavy atom. The van der Waals surface area contributed by atoms with Crippen LogP contribution >= 0.6 is 0 Å². The molecule has 48 heavy (non-hydrogen) atoms. The topological polar surface area (TPSA) is 111 Å². The van der Waals surface area contributed by atoms with Crippen molar-refractivity contribution in [3.63, 3.8) is 0 Å². The van der Waals surface area contributed by atoms with Gasteiger partial charge in [0.25, 0.3) is 5.88 Å². The first kappa shape index (κ1) is 36.3. The lowest BCUT2D eigenvalue weighted by Gasteiger charge is -2.55. The van der Waals surface area contributed by atoms with Crippen molar-refractivity contribution < 1.29 is 37.5 Å². The van der Waals surface area contributed by atoms with E-state index in [1.807, 2.05) is 45.8 Å². The van der Waals surface area contributed by atoms with Crippen LogP contribution in [-0.2, 0) is 15.6 Å². The molecule has 0 unspecified atom stereocenters. The van der Waals surface area contributed by atoms with E-state index in [0.717, 1.165) is 25.7 Å². The molecule has 11 heteroatoms. The standard InChI is InChI=1S/C37H53FN2O7Si/c1-11-14-16-44-31-21(4)18-25(38)23-19-22-20-24-29(40(8)13-3)32-28(35(39-46-32)45-17-15-12-2)34(43)37(24,47-48(9,10)36(5,6)7)33(42)26(22)30(41)27(23)31/h18,22,24,29,41H,11-17,19-20H2,1-10H3/t22-,24-,29-,37-/m0/s1. The van der Waals surface area contributed by atoms with Gasteiger partial charge in [-0.25, -0.2) is 4.39 Å². The van der Waals surface area contributed by atoms with Gasteiger partial charge in [0.1, 0.15) is 22.9 Å². The molecule has 1 aromatic heterocycles. The number of carbonyl (C=O) groups is 2. The van der Waals surface area contributed by atoms with Crippen LogP contribution in [0.1, 0.15) is 112 Å². The van der Waals surface area contributed by atoms with Gasteiger partial charge < -0.3 is 23.5 Å². The molecule has 5 rings (SSSR count). The second kappa shape index (κ2) is 13.4. The van der Waals surface area contributed by atoms with Crippen molar-refractivity contribution in [3.05, 3.63) is 45.5 Å². The van der Waals surface area contributed by atoms with Crippen LogP contribution in [0.3, 0.4) is 0 Å². The average molecular weight is 685 g/mol. The number of hydrogen-bond acceptors (Lipinski definition) is 9. The van der Waals surface area contributed by atoms with E-state index in [1.54, 1.807) is 6.92 Å². The Balaban J connectivity index is 1.79. The van der Waals surface area contributed by atoms with Gasteiger partial charge in [0.2, 0.25) is 11.6 Å². The summed E-state index contributed by atoms with van der Waals surface area (Å²) in [5.74, 6) is -2.40. The monoisotopic (exact) mass is 684 g/mol. The van der Waals surface area contributed by atoms with Crippen molar-refractivity contribution >= 4 is 25.6 Å². The lowest BCUT2D eigenvalue weighted by molar-refractivity contribution is -0.140. The van der Waals surface area contributed by atoms with Crippen LogP contribution in [0.15, 0.2) is 16.2 Å². The minimum atomic E-state index is -2.86. The van der Waals surface area contributed by atoms with Gasteiger partial charge in [-0.3, -0.25) is 14.5 Å². The Labute approximate surface area is 285 Å². The van der Waals surface area contributed by atoms with Gasteiger partial charge in [0.05, 0.1) is 24.8 Å². The maximum Gasteiger partial charge on any atom is 0.265 e. The summed E-state index contributed by atoms with van der Waals surface area (Å²) in [4.78, 5) is 32.7. The fraction of sp³-hybridized carbons (Fsp3) is 0.649. The minimum absolute atomic E-state index is 0.0565. The molecule has 0 amide bonds.